The van der Waals surface area contributed by atoms with Crippen LogP contribution in [0.5, 0.6) is 17.2 Å². The molecule has 0 saturated carbocycles. The molecule has 0 bridgehead atoms. The summed E-state index contributed by atoms with van der Waals surface area (Å²) in [6.07, 6.45) is -4.50. The van der Waals surface area contributed by atoms with Crippen LogP contribution >= 0.6 is 11.8 Å². The molecule has 0 radical (unpaired) electrons. The van der Waals surface area contributed by atoms with Crippen LogP contribution in [0.2, 0.25) is 0 Å². The second kappa shape index (κ2) is 12.1. The standard InChI is InChI=1S/C29H29F3N2O5S/c1-17(18-8-6-5-7-9-18)33-26(35)22-16-40-28(19-10-12-21(13-11-19)29(30,31)32)34(22)27(36)20-14-23(37-2)25(39-4)24(15-20)38-3/h5-15,17,22,28H,16H2,1-4H3,(H,33,35). The van der Waals surface area contributed by atoms with Crippen molar-refractivity contribution in [3.8, 4) is 17.2 Å². The summed E-state index contributed by atoms with van der Waals surface area (Å²) >= 11 is 1.30. The molecule has 1 fully saturated rings. The van der Waals surface area contributed by atoms with Crippen molar-refractivity contribution in [2.24, 2.45) is 0 Å². The minimum absolute atomic E-state index is 0.169. The maximum atomic E-state index is 14.1. The molecule has 3 atom stereocenters. The molecule has 1 aliphatic rings. The number of amides is 2. The van der Waals surface area contributed by atoms with Gasteiger partial charge in [0.2, 0.25) is 11.7 Å². The van der Waals surface area contributed by atoms with E-state index in [1.807, 2.05) is 37.3 Å². The lowest BCUT2D eigenvalue weighted by molar-refractivity contribution is -0.137. The minimum Gasteiger partial charge on any atom is -0.493 e. The number of benzene rings is 3. The molecule has 1 aliphatic heterocycles. The fraction of sp³-hybridized carbons (Fsp3) is 0.310. The molecule has 11 heteroatoms. The van der Waals surface area contributed by atoms with Gasteiger partial charge in [-0.15, -0.1) is 11.8 Å². The van der Waals surface area contributed by atoms with Gasteiger partial charge < -0.3 is 24.4 Å². The largest absolute Gasteiger partial charge is 0.493 e. The number of ether oxygens (including phenoxy) is 3. The average Bonchev–Trinajstić information content (AvgIpc) is 3.41. The number of nitrogens with one attached hydrogen (secondary N) is 1. The number of nitrogens with zero attached hydrogens (tertiary/aromatic N) is 1. The summed E-state index contributed by atoms with van der Waals surface area (Å²) in [5, 5.41) is 2.26. The Balaban J connectivity index is 1.72. The smallest absolute Gasteiger partial charge is 0.416 e. The van der Waals surface area contributed by atoms with Crippen molar-refractivity contribution < 1.29 is 37.0 Å². The number of hydrogen-bond acceptors (Lipinski definition) is 6. The molecule has 1 heterocycles. The highest BCUT2D eigenvalue weighted by atomic mass is 32.2. The van der Waals surface area contributed by atoms with E-state index >= 15 is 0 Å². The van der Waals surface area contributed by atoms with Crippen LogP contribution in [0.3, 0.4) is 0 Å². The van der Waals surface area contributed by atoms with Gasteiger partial charge in [-0.1, -0.05) is 42.5 Å². The van der Waals surface area contributed by atoms with Gasteiger partial charge in [-0.25, -0.2) is 0 Å². The van der Waals surface area contributed by atoms with Crippen molar-refractivity contribution in [1.82, 2.24) is 10.2 Å². The van der Waals surface area contributed by atoms with E-state index < -0.39 is 29.1 Å². The summed E-state index contributed by atoms with van der Waals surface area (Å²) in [5.41, 5.74) is 0.726. The fourth-order valence-corrected chi connectivity index (χ4v) is 5.97. The predicted octanol–water partition coefficient (Wildman–Crippen LogP) is 5.87. The maximum absolute atomic E-state index is 14.1. The van der Waals surface area contributed by atoms with Gasteiger partial charge in [0.25, 0.3) is 5.91 Å². The molecule has 1 saturated heterocycles. The van der Waals surface area contributed by atoms with Crippen molar-refractivity contribution in [3.05, 3.63) is 89.0 Å². The topological polar surface area (TPSA) is 77.1 Å². The lowest BCUT2D eigenvalue weighted by Crippen LogP contribution is -2.48. The van der Waals surface area contributed by atoms with Gasteiger partial charge in [-0.3, -0.25) is 9.59 Å². The Bertz CT molecular complexity index is 1330. The third-order valence-electron chi connectivity index (χ3n) is 6.63. The average molecular weight is 575 g/mol. The first-order valence-corrected chi connectivity index (χ1v) is 13.4. The molecule has 3 aromatic carbocycles. The van der Waals surface area contributed by atoms with Crippen LogP contribution < -0.4 is 19.5 Å². The third-order valence-corrected chi connectivity index (χ3v) is 7.95. The van der Waals surface area contributed by atoms with Crippen LogP contribution in [-0.4, -0.2) is 49.8 Å². The second-order valence-electron chi connectivity index (χ2n) is 9.09. The first-order valence-electron chi connectivity index (χ1n) is 12.4. The van der Waals surface area contributed by atoms with Gasteiger partial charge in [0.05, 0.1) is 32.9 Å². The SMILES string of the molecule is COc1cc(C(=O)N2C(C(=O)NC(C)c3ccccc3)CSC2c2ccc(C(F)(F)F)cc2)cc(OC)c1OC. The first-order chi connectivity index (χ1) is 19.1. The summed E-state index contributed by atoms with van der Waals surface area (Å²) in [6, 6.07) is 15.7. The lowest BCUT2D eigenvalue weighted by atomic mass is 10.1. The Morgan fingerprint density at radius 2 is 1.55 bits per heavy atom. The number of carbonyl (C=O) groups excluding carboxylic acids is 2. The number of methoxy groups -OCH3 is 3. The molecular formula is C29H29F3N2O5S. The Labute approximate surface area is 234 Å². The molecule has 7 nitrogen and oxygen atoms in total. The highest BCUT2D eigenvalue weighted by Gasteiger charge is 2.43. The van der Waals surface area contributed by atoms with E-state index in [0.717, 1.165) is 17.7 Å². The van der Waals surface area contributed by atoms with E-state index in [0.29, 0.717) is 11.3 Å². The van der Waals surface area contributed by atoms with Crippen molar-refractivity contribution >= 4 is 23.6 Å². The Hall–Kier alpha value is -3.86. The lowest BCUT2D eigenvalue weighted by Gasteiger charge is -2.30. The van der Waals surface area contributed by atoms with Crippen molar-refractivity contribution in [3.63, 3.8) is 0 Å². The van der Waals surface area contributed by atoms with Crippen LogP contribution in [0.1, 0.15) is 45.4 Å². The van der Waals surface area contributed by atoms with Gasteiger partial charge >= 0.3 is 6.18 Å². The van der Waals surface area contributed by atoms with Crippen LogP contribution in [-0.2, 0) is 11.0 Å². The second-order valence-corrected chi connectivity index (χ2v) is 10.2. The van der Waals surface area contributed by atoms with Crippen LogP contribution in [0.15, 0.2) is 66.7 Å². The summed E-state index contributed by atoms with van der Waals surface area (Å²) in [4.78, 5) is 29.0. The van der Waals surface area contributed by atoms with Crippen molar-refractivity contribution in [2.45, 2.75) is 30.6 Å². The Morgan fingerprint density at radius 3 is 2.08 bits per heavy atom. The molecule has 4 rings (SSSR count). The molecule has 40 heavy (non-hydrogen) atoms. The number of rotatable bonds is 8. The molecule has 3 unspecified atom stereocenters. The first kappa shape index (κ1) is 29.1. The number of alkyl halides is 3. The molecular weight excluding hydrogens is 545 g/mol. The zero-order chi connectivity index (χ0) is 29.0. The van der Waals surface area contributed by atoms with E-state index in [4.69, 9.17) is 14.2 Å². The maximum Gasteiger partial charge on any atom is 0.416 e. The monoisotopic (exact) mass is 574 g/mol. The summed E-state index contributed by atoms with van der Waals surface area (Å²) in [5.74, 6) is 0.154. The van der Waals surface area contributed by atoms with E-state index in [1.54, 1.807) is 0 Å². The third kappa shape index (κ3) is 5.99. The fourth-order valence-electron chi connectivity index (χ4n) is 4.54. The number of hydrogen-bond donors (Lipinski definition) is 1. The van der Waals surface area contributed by atoms with E-state index in [-0.39, 0.29) is 34.8 Å². The highest BCUT2D eigenvalue weighted by Crippen LogP contribution is 2.45. The molecule has 0 aliphatic carbocycles. The van der Waals surface area contributed by atoms with Gasteiger partial charge in [-0.05, 0) is 42.3 Å². The van der Waals surface area contributed by atoms with Crippen molar-refractivity contribution in [2.75, 3.05) is 27.1 Å². The normalized spacial score (nSPS) is 17.7. The summed E-state index contributed by atoms with van der Waals surface area (Å²) in [6.45, 7) is 1.84. The number of carbonyl (C=O) groups is 2. The Kier molecular flexibility index (Phi) is 8.82. The highest BCUT2D eigenvalue weighted by molar-refractivity contribution is 7.99. The van der Waals surface area contributed by atoms with Crippen molar-refractivity contribution in [1.29, 1.82) is 0 Å². The van der Waals surface area contributed by atoms with E-state index in [2.05, 4.69) is 5.32 Å². The number of thioether (sulfide) groups is 1. The quantitative estimate of drug-likeness (QED) is 0.363. The predicted molar refractivity (Wildman–Crippen MR) is 146 cm³/mol. The van der Waals surface area contributed by atoms with Gasteiger partial charge in [0.15, 0.2) is 11.5 Å². The molecule has 3 aromatic rings. The molecule has 1 N–H and O–H groups in total. The molecule has 0 spiro atoms. The summed E-state index contributed by atoms with van der Waals surface area (Å²) < 4.78 is 55.8. The number of halogens is 3. The van der Waals surface area contributed by atoms with Crippen LogP contribution in [0, 0.1) is 0 Å². The van der Waals surface area contributed by atoms with Gasteiger partial charge in [0, 0.05) is 11.3 Å². The zero-order valence-electron chi connectivity index (χ0n) is 22.3. The minimum atomic E-state index is -4.50. The molecule has 2 amide bonds. The Morgan fingerprint density at radius 1 is 0.950 bits per heavy atom. The van der Waals surface area contributed by atoms with Crippen LogP contribution in [0.4, 0.5) is 13.2 Å². The molecule has 0 aromatic heterocycles. The van der Waals surface area contributed by atoms with E-state index in [1.165, 1.54) is 62.3 Å². The van der Waals surface area contributed by atoms with Gasteiger partial charge in [0.1, 0.15) is 11.4 Å². The van der Waals surface area contributed by atoms with Gasteiger partial charge in [-0.2, -0.15) is 13.2 Å². The zero-order valence-corrected chi connectivity index (χ0v) is 23.1. The summed E-state index contributed by atoms with van der Waals surface area (Å²) in [7, 11) is 4.28. The van der Waals surface area contributed by atoms with E-state index in [9.17, 15) is 22.8 Å². The molecule has 212 valence electrons. The van der Waals surface area contributed by atoms with Crippen LogP contribution in [0.25, 0.3) is 0 Å².